The Hall–Kier alpha value is -4.99. The number of methoxy groups -OCH3 is 1. The van der Waals surface area contributed by atoms with E-state index in [2.05, 4.69) is 25.1 Å². The molecule has 0 spiro atoms. The predicted octanol–water partition coefficient (Wildman–Crippen LogP) is 4.36. The molecule has 0 radical (unpaired) electrons. The summed E-state index contributed by atoms with van der Waals surface area (Å²) in [5.41, 5.74) is 6.98. The highest BCUT2D eigenvalue weighted by Crippen LogP contribution is 2.38. The standard InChI is InChI=1S/C25H17N7O3/c1-33-15-8-14(10-26-11-15)17-3-4-18-22(28-17)23(32-31-18)25-29-21-16(6-7-27-24(21)30-25)13-2-5-19-20(9-13)35-12-34-19/h2-11H,12H2,1H3,(H,31,32)(H,27,29,30). The smallest absolute Gasteiger partial charge is 0.231 e. The van der Waals surface area contributed by atoms with Crippen LogP contribution in [0, 0.1) is 0 Å². The van der Waals surface area contributed by atoms with E-state index in [1.807, 2.05) is 42.5 Å². The maximum absolute atomic E-state index is 5.55. The van der Waals surface area contributed by atoms with E-state index >= 15 is 0 Å². The van der Waals surface area contributed by atoms with Crippen LogP contribution >= 0.6 is 0 Å². The predicted molar refractivity (Wildman–Crippen MR) is 128 cm³/mol. The third-order valence-electron chi connectivity index (χ3n) is 5.95. The third-order valence-corrected chi connectivity index (χ3v) is 5.95. The van der Waals surface area contributed by atoms with Crippen molar-refractivity contribution in [3.8, 4) is 51.2 Å². The number of aromatic nitrogens is 7. The molecule has 5 aromatic heterocycles. The summed E-state index contributed by atoms with van der Waals surface area (Å²) in [6.45, 7) is 0.228. The van der Waals surface area contributed by atoms with Crippen molar-refractivity contribution in [2.45, 2.75) is 0 Å². The van der Waals surface area contributed by atoms with Crippen LogP contribution in [0.5, 0.6) is 17.2 Å². The van der Waals surface area contributed by atoms with Gasteiger partial charge in [0.2, 0.25) is 6.79 Å². The fraction of sp³-hybridized carbons (Fsp3) is 0.0800. The zero-order valence-corrected chi connectivity index (χ0v) is 18.4. The van der Waals surface area contributed by atoms with E-state index in [9.17, 15) is 0 Å². The first kappa shape index (κ1) is 19.5. The summed E-state index contributed by atoms with van der Waals surface area (Å²) in [6, 6.07) is 13.5. The van der Waals surface area contributed by atoms with E-state index in [1.165, 1.54) is 0 Å². The van der Waals surface area contributed by atoms with Gasteiger partial charge in [0, 0.05) is 23.5 Å². The fourth-order valence-corrected chi connectivity index (χ4v) is 4.22. The highest BCUT2D eigenvalue weighted by Gasteiger charge is 2.19. The van der Waals surface area contributed by atoms with Crippen molar-refractivity contribution in [3.05, 3.63) is 61.1 Å². The lowest BCUT2D eigenvalue weighted by atomic mass is 10.1. The lowest BCUT2D eigenvalue weighted by Crippen LogP contribution is -1.92. The van der Waals surface area contributed by atoms with Crippen LogP contribution in [0.2, 0.25) is 0 Å². The number of nitrogens with zero attached hydrogens (tertiary/aromatic N) is 5. The molecule has 7 rings (SSSR count). The van der Waals surface area contributed by atoms with Crippen molar-refractivity contribution in [2.75, 3.05) is 13.9 Å². The van der Waals surface area contributed by atoms with Gasteiger partial charge in [-0.25, -0.2) is 15.0 Å². The number of ether oxygens (including phenoxy) is 3. The zero-order valence-electron chi connectivity index (χ0n) is 18.4. The Morgan fingerprint density at radius 3 is 2.83 bits per heavy atom. The molecular formula is C25H17N7O3. The maximum atomic E-state index is 5.55. The maximum Gasteiger partial charge on any atom is 0.231 e. The highest BCUT2D eigenvalue weighted by atomic mass is 16.7. The lowest BCUT2D eigenvalue weighted by molar-refractivity contribution is 0.174. The summed E-state index contributed by atoms with van der Waals surface area (Å²) < 4.78 is 16.3. The van der Waals surface area contributed by atoms with Crippen LogP contribution in [0.4, 0.5) is 0 Å². The molecule has 6 heterocycles. The first-order valence-electron chi connectivity index (χ1n) is 10.9. The molecule has 0 fully saturated rings. The topological polar surface area (TPSA) is 124 Å². The number of hydrogen-bond donors (Lipinski definition) is 2. The summed E-state index contributed by atoms with van der Waals surface area (Å²) >= 11 is 0. The molecule has 0 bridgehead atoms. The minimum atomic E-state index is 0.228. The Morgan fingerprint density at radius 2 is 1.89 bits per heavy atom. The summed E-state index contributed by atoms with van der Waals surface area (Å²) in [5, 5.41) is 7.54. The molecule has 0 saturated heterocycles. The molecule has 2 N–H and O–H groups in total. The minimum absolute atomic E-state index is 0.228. The average Bonchev–Trinajstić information content (AvgIpc) is 3.65. The quantitative estimate of drug-likeness (QED) is 0.395. The van der Waals surface area contributed by atoms with Gasteiger partial charge in [-0.2, -0.15) is 5.10 Å². The number of pyridine rings is 3. The Bertz CT molecular complexity index is 1740. The Kier molecular flexibility index (Phi) is 4.19. The molecule has 170 valence electrons. The Morgan fingerprint density at radius 1 is 0.943 bits per heavy atom. The van der Waals surface area contributed by atoms with Crippen LogP contribution in [0.15, 0.2) is 61.1 Å². The molecule has 0 aliphatic carbocycles. The van der Waals surface area contributed by atoms with Crippen molar-refractivity contribution in [1.82, 2.24) is 35.1 Å². The highest BCUT2D eigenvalue weighted by molar-refractivity contribution is 5.95. The first-order valence-corrected chi connectivity index (χ1v) is 10.9. The molecule has 6 aromatic rings. The van der Waals surface area contributed by atoms with Gasteiger partial charge in [-0.15, -0.1) is 0 Å². The van der Waals surface area contributed by atoms with Crippen molar-refractivity contribution >= 4 is 22.2 Å². The fourth-order valence-electron chi connectivity index (χ4n) is 4.22. The van der Waals surface area contributed by atoms with Crippen LogP contribution in [0.3, 0.4) is 0 Å². The van der Waals surface area contributed by atoms with Crippen LogP contribution in [0.1, 0.15) is 0 Å². The monoisotopic (exact) mass is 463 g/mol. The number of aromatic amines is 2. The third kappa shape index (κ3) is 3.15. The number of rotatable bonds is 4. The van der Waals surface area contributed by atoms with Gasteiger partial charge in [-0.05, 0) is 42.0 Å². The molecule has 0 amide bonds. The Labute approximate surface area is 198 Å². The number of H-pyrrole nitrogens is 2. The number of nitrogens with one attached hydrogen (secondary N) is 2. The van der Waals surface area contributed by atoms with Gasteiger partial charge in [0.05, 0.1) is 30.0 Å². The average molecular weight is 463 g/mol. The molecule has 10 nitrogen and oxygen atoms in total. The Balaban J connectivity index is 1.35. The molecule has 0 atom stereocenters. The van der Waals surface area contributed by atoms with Crippen LogP contribution in [-0.2, 0) is 0 Å². The summed E-state index contributed by atoms with van der Waals surface area (Å²) in [4.78, 5) is 21.7. The van der Waals surface area contributed by atoms with Crippen LogP contribution in [-0.4, -0.2) is 49.0 Å². The van der Waals surface area contributed by atoms with Gasteiger partial charge in [-0.1, -0.05) is 6.07 Å². The molecular weight excluding hydrogens is 446 g/mol. The summed E-state index contributed by atoms with van der Waals surface area (Å²) in [7, 11) is 1.61. The summed E-state index contributed by atoms with van der Waals surface area (Å²) in [6.07, 6.45) is 5.14. The molecule has 0 saturated carbocycles. The van der Waals surface area contributed by atoms with E-state index in [-0.39, 0.29) is 6.79 Å². The number of benzene rings is 1. The van der Waals surface area contributed by atoms with E-state index in [1.54, 1.807) is 25.7 Å². The molecule has 1 aromatic carbocycles. The second kappa shape index (κ2) is 7.52. The molecule has 1 aliphatic heterocycles. The van der Waals surface area contributed by atoms with Gasteiger partial charge in [0.1, 0.15) is 11.3 Å². The number of fused-ring (bicyclic) bond motifs is 3. The van der Waals surface area contributed by atoms with Crippen molar-refractivity contribution in [3.63, 3.8) is 0 Å². The van der Waals surface area contributed by atoms with E-state index < -0.39 is 0 Å². The van der Waals surface area contributed by atoms with Crippen molar-refractivity contribution in [1.29, 1.82) is 0 Å². The van der Waals surface area contributed by atoms with Gasteiger partial charge < -0.3 is 19.2 Å². The largest absolute Gasteiger partial charge is 0.495 e. The van der Waals surface area contributed by atoms with E-state index in [0.29, 0.717) is 34.2 Å². The number of hydrogen-bond acceptors (Lipinski definition) is 8. The normalized spacial score (nSPS) is 12.5. The van der Waals surface area contributed by atoms with Gasteiger partial charge in [0.25, 0.3) is 0 Å². The second-order valence-corrected chi connectivity index (χ2v) is 7.99. The SMILES string of the molecule is COc1cncc(-c2ccc3[nH]nc(-c4nc5nccc(-c6ccc7c(c6)OCO7)c5[nH]4)c3n2)c1. The van der Waals surface area contributed by atoms with Gasteiger partial charge >= 0.3 is 0 Å². The zero-order chi connectivity index (χ0) is 23.4. The molecule has 35 heavy (non-hydrogen) atoms. The molecule has 1 aliphatic rings. The number of imidazole rings is 1. The van der Waals surface area contributed by atoms with Crippen LogP contribution < -0.4 is 14.2 Å². The molecule has 0 unspecified atom stereocenters. The molecule has 10 heteroatoms. The lowest BCUT2D eigenvalue weighted by Gasteiger charge is -2.04. The van der Waals surface area contributed by atoms with Crippen molar-refractivity contribution in [2.24, 2.45) is 0 Å². The first-order chi connectivity index (χ1) is 17.3. The van der Waals surface area contributed by atoms with Crippen LogP contribution in [0.25, 0.3) is 56.1 Å². The van der Waals surface area contributed by atoms with E-state index in [4.69, 9.17) is 24.2 Å². The second-order valence-electron chi connectivity index (χ2n) is 7.99. The van der Waals surface area contributed by atoms with Gasteiger partial charge in [-0.3, -0.25) is 10.1 Å². The van der Waals surface area contributed by atoms with Gasteiger partial charge in [0.15, 0.2) is 28.7 Å². The van der Waals surface area contributed by atoms with E-state index in [0.717, 1.165) is 39.2 Å². The minimum Gasteiger partial charge on any atom is -0.495 e. The van der Waals surface area contributed by atoms with Crippen molar-refractivity contribution < 1.29 is 14.2 Å². The summed E-state index contributed by atoms with van der Waals surface area (Å²) in [5.74, 6) is 2.69.